The number of hydrogen-bond donors (Lipinski definition) is 7. The highest BCUT2D eigenvalue weighted by molar-refractivity contribution is 6.00. The Morgan fingerprint density at radius 2 is 1.74 bits per heavy atom. The van der Waals surface area contributed by atoms with Gasteiger partial charge < -0.3 is 22.1 Å². The summed E-state index contributed by atoms with van der Waals surface area (Å²) < 4.78 is 0. The summed E-state index contributed by atoms with van der Waals surface area (Å²) in [6.45, 7) is 2.72. The summed E-state index contributed by atoms with van der Waals surface area (Å²) in [5, 5.41) is 18.1. The number of amidine groups is 1. The first-order valence-electron chi connectivity index (χ1n) is 14.6. The maximum absolute atomic E-state index is 13.6. The Morgan fingerprint density at radius 1 is 1.02 bits per heavy atom. The predicted octanol–water partition coefficient (Wildman–Crippen LogP) is 3.05. The van der Waals surface area contributed by atoms with Crippen LogP contribution >= 0.6 is 0 Å². The fourth-order valence-corrected chi connectivity index (χ4v) is 5.80. The number of anilines is 1. The van der Waals surface area contributed by atoms with Gasteiger partial charge in [-0.1, -0.05) is 30.3 Å². The number of hydrazine groups is 1. The van der Waals surface area contributed by atoms with E-state index in [9.17, 15) is 9.59 Å². The molecule has 1 saturated carbocycles. The number of nitrogens with two attached hydrogens (primary N) is 3. The summed E-state index contributed by atoms with van der Waals surface area (Å²) in [4.78, 5) is 26.9. The van der Waals surface area contributed by atoms with Gasteiger partial charge in [0.2, 0.25) is 11.8 Å². The van der Waals surface area contributed by atoms with Crippen molar-refractivity contribution in [1.82, 2.24) is 21.0 Å². The third kappa shape index (κ3) is 7.02. The minimum absolute atomic E-state index is 0.0943. The lowest BCUT2D eigenvalue weighted by molar-refractivity contribution is -0.130. The number of aromatic amines is 1. The van der Waals surface area contributed by atoms with E-state index in [1.165, 1.54) is 0 Å². The zero-order valence-corrected chi connectivity index (χ0v) is 24.3. The number of nitrogens with zero attached hydrogens (tertiary/aromatic N) is 2. The van der Waals surface area contributed by atoms with Crippen LogP contribution in [-0.4, -0.2) is 40.4 Å². The number of amides is 2. The van der Waals surface area contributed by atoms with E-state index in [0.717, 1.165) is 58.8 Å². The highest BCUT2D eigenvalue weighted by atomic mass is 16.2. The van der Waals surface area contributed by atoms with Crippen molar-refractivity contribution in [3.8, 4) is 11.1 Å². The summed E-state index contributed by atoms with van der Waals surface area (Å²) in [6, 6.07) is 18.4. The molecule has 0 aliphatic heterocycles. The molecule has 224 valence electrons. The van der Waals surface area contributed by atoms with Crippen molar-refractivity contribution in [3.63, 3.8) is 0 Å². The first kappa shape index (κ1) is 29.7. The second-order valence-electron chi connectivity index (χ2n) is 11.2. The average molecular weight is 582 g/mol. The first-order chi connectivity index (χ1) is 20.9. The van der Waals surface area contributed by atoms with E-state index in [0.29, 0.717) is 30.1 Å². The van der Waals surface area contributed by atoms with Gasteiger partial charge in [0.05, 0.1) is 11.7 Å². The Balaban J connectivity index is 1.34. The Kier molecular flexibility index (Phi) is 9.33. The van der Waals surface area contributed by atoms with E-state index in [-0.39, 0.29) is 23.6 Å². The zero-order valence-electron chi connectivity index (χ0n) is 24.3. The van der Waals surface area contributed by atoms with Crippen LogP contribution in [0.2, 0.25) is 0 Å². The number of nitrogens with one attached hydrogen (secondary N) is 4. The SMILES string of the molecule is Cc1ccc2[nH]ncc2c1-c1ccc(C[C@H](NC(=O)C2CCC(CN)CC2)C(=O)Nc2ccc(/C(N)=N/NN)cc2)cc1. The molecule has 1 atom stereocenters. The maximum Gasteiger partial charge on any atom is 0.247 e. The number of carbonyl (C=O) groups excluding carboxylic acids is 2. The van der Waals surface area contributed by atoms with Crippen LogP contribution in [0.15, 0.2) is 72.0 Å². The molecule has 1 aromatic heterocycles. The molecule has 3 aromatic carbocycles. The lowest BCUT2D eigenvalue weighted by Crippen LogP contribution is -2.48. The standard InChI is InChI=1S/C32H39N9O2/c1-19-2-15-27-26(18-36-39-27)29(19)22-7-3-20(4-8-22)16-28(38-31(42)24-9-5-21(17-33)6-10-24)32(43)37-25-13-11-23(12-14-25)30(34)40-41-35/h2-4,7-8,11-15,18,21,24,28,41H,5-6,9-10,16-17,33,35H2,1H3,(H2,34,40)(H,36,39)(H,37,43)(H,38,42)/t21?,24?,28-/m0/s1. The van der Waals surface area contributed by atoms with E-state index >= 15 is 0 Å². The minimum atomic E-state index is -0.766. The van der Waals surface area contributed by atoms with Gasteiger partial charge in [-0.05, 0) is 97.7 Å². The van der Waals surface area contributed by atoms with Crippen LogP contribution in [0.4, 0.5) is 5.69 Å². The Labute approximate surface area is 250 Å². The highest BCUT2D eigenvalue weighted by Crippen LogP contribution is 2.32. The third-order valence-corrected chi connectivity index (χ3v) is 8.33. The lowest BCUT2D eigenvalue weighted by Gasteiger charge is -2.28. The molecule has 43 heavy (non-hydrogen) atoms. The molecular weight excluding hydrogens is 542 g/mol. The Bertz CT molecular complexity index is 1590. The number of fused-ring (bicyclic) bond motifs is 1. The number of benzene rings is 3. The molecule has 0 saturated heterocycles. The molecule has 2 amide bonds. The van der Waals surface area contributed by atoms with Gasteiger partial charge in [-0.25, -0.2) is 11.4 Å². The van der Waals surface area contributed by atoms with E-state index in [1.807, 2.05) is 24.4 Å². The topological polar surface area (TPSA) is 189 Å². The number of rotatable bonds is 10. The smallest absolute Gasteiger partial charge is 0.247 e. The van der Waals surface area contributed by atoms with Crippen molar-refractivity contribution in [2.45, 2.75) is 45.1 Å². The number of aryl methyl sites for hydroxylation is 1. The highest BCUT2D eigenvalue weighted by Gasteiger charge is 2.29. The molecule has 0 bridgehead atoms. The molecule has 10 N–H and O–H groups in total. The molecule has 1 aliphatic carbocycles. The summed E-state index contributed by atoms with van der Waals surface area (Å²) >= 11 is 0. The van der Waals surface area contributed by atoms with E-state index in [1.54, 1.807) is 24.3 Å². The van der Waals surface area contributed by atoms with Crippen molar-refractivity contribution in [2.24, 2.45) is 34.2 Å². The quantitative estimate of drug-likeness (QED) is 0.0648. The molecule has 0 spiro atoms. The van der Waals surface area contributed by atoms with Crippen LogP contribution in [0.5, 0.6) is 0 Å². The first-order valence-corrected chi connectivity index (χ1v) is 14.6. The van der Waals surface area contributed by atoms with E-state index in [2.05, 4.69) is 56.6 Å². The molecule has 5 rings (SSSR count). The Hall–Kier alpha value is -4.74. The summed E-state index contributed by atoms with van der Waals surface area (Å²) in [5.74, 6) is 5.37. The molecule has 11 nitrogen and oxygen atoms in total. The largest absolute Gasteiger partial charge is 0.382 e. The predicted molar refractivity (Wildman–Crippen MR) is 170 cm³/mol. The van der Waals surface area contributed by atoms with Gasteiger partial charge in [-0.3, -0.25) is 14.7 Å². The van der Waals surface area contributed by atoms with E-state index < -0.39 is 6.04 Å². The van der Waals surface area contributed by atoms with Crippen LogP contribution in [0.3, 0.4) is 0 Å². The van der Waals surface area contributed by atoms with Crippen LogP contribution in [0.25, 0.3) is 22.0 Å². The molecular formula is C32H39N9O2. The number of hydrogen-bond acceptors (Lipinski definition) is 7. The van der Waals surface area contributed by atoms with Crippen molar-refractivity contribution < 1.29 is 9.59 Å². The normalized spacial score (nSPS) is 17.8. The fraction of sp³-hybridized carbons (Fsp3) is 0.312. The zero-order chi connectivity index (χ0) is 30.3. The van der Waals surface area contributed by atoms with Crippen LogP contribution in [0, 0.1) is 18.8 Å². The second kappa shape index (κ2) is 13.5. The molecule has 4 aromatic rings. The van der Waals surface area contributed by atoms with Crippen molar-refractivity contribution >= 4 is 34.2 Å². The van der Waals surface area contributed by atoms with Crippen LogP contribution in [-0.2, 0) is 16.0 Å². The number of H-pyrrole nitrogens is 1. The fourth-order valence-electron chi connectivity index (χ4n) is 5.80. The van der Waals surface area contributed by atoms with Crippen LogP contribution < -0.4 is 33.5 Å². The van der Waals surface area contributed by atoms with Gasteiger partial charge >= 0.3 is 0 Å². The molecule has 1 aliphatic rings. The molecule has 11 heteroatoms. The monoisotopic (exact) mass is 581 g/mol. The molecule has 1 fully saturated rings. The van der Waals surface area contributed by atoms with Gasteiger partial charge in [0.15, 0.2) is 5.84 Å². The van der Waals surface area contributed by atoms with Crippen molar-refractivity contribution in [3.05, 3.63) is 83.6 Å². The summed E-state index contributed by atoms with van der Waals surface area (Å²) in [6.07, 6.45) is 5.58. The number of aromatic nitrogens is 2. The van der Waals surface area contributed by atoms with Gasteiger partial charge in [0.1, 0.15) is 6.04 Å². The molecule has 1 heterocycles. The van der Waals surface area contributed by atoms with Gasteiger partial charge in [0, 0.05) is 29.0 Å². The van der Waals surface area contributed by atoms with Gasteiger partial charge in [-0.15, -0.1) is 5.10 Å². The van der Waals surface area contributed by atoms with E-state index in [4.69, 9.17) is 17.3 Å². The lowest BCUT2D eigenvalue weighted by atomic mass is 9.81. The molecule has 0 unspecified atom stereocenters. The van der Waals surface area contributed by atoms with Crippen molar-refractivity contribution in [2.75, 3.05) is 11.9 Å². The number of carbonyl (C=O) groups is 2. The average Bonchev–Trinajstić information content (AvgIpc) is 3.50. The van der Waals surface area contributed by atoms with Crippen LogP contribution in [0.1, 0.15) is 42.4 Å². The minimum Gasteiger partial charge on any atom is -0.382 e. The van der Waals surface area contributed by atoms with Gasteiger partial charge in [0.25, 0.3) is 0 Å². The second-order valence-corrected chi connectivity index (χ2v) is 11.2. The summed E-state index contributed by atoms with van der Waals surface area (Å²) in [5.41, 5.74) is 20.3. The van der Waals surface area contributed by atoms with Gasteiger partial charge in [-0.2, -0.15) is 5.10 Å². The molecule has 0 radical (unpaired) electrons. The van der Waals surface area contributed by atoms with Crippen molar-refractivity contribution in [1.29, 1.82) is 0 Å². The Morgan fingerprint density at radius 3 is 2.42 bits per heavy atom. The maximum atomic E-state index is 13.6. The number of hydrazone groups is 1. The third-order valence-electron chi connectivity index (χ3n) is 8.33. The summed E-state index contributed by atoms with van der Waals surface area (Å²) in [7, 11) is 0.